The van der Waals surface area contributed by atoms with E-state index in [2.05, 4.69) is 0 Å². The molecule has 0 saturated carbocycles. The molecular formula is C14H18O4. The van der Waals surface area contributed by atoms with Gasteiger partial charge in [0.2, 0.25) is 0 Å². The number of carbonyl (C=O) groups is 3. The van der Waals surface area contributed by atoms with Gasteiger partial charge in [-0.25, -0.2) is 0 Å². The minimum absolute atomic E-state index is 0.0664. The summed E-state index contributed by atoms with van der Waals surface area (Å²) in [5, 5.41) is 0. The molecular weight excluding hydrogens is 232 g/mol. The maximum Gasteiger partial charge on any atom is 0.303 e. The van der Waals surface area contributed by atoms with Crippen LogP contribution in [0.25, 0.3) is 0 Å². The van der Waals surface area contributed by atoms with Crippen LogP contribution in [0.2, 0.25) is 0 Å². The first-order valence-electron chi connectivity index (χ1n) is 5.82. The fraction of sp³-hybridized carbons (Fsp3) is 0.500. The first-order valence-corrected chi connectivity index (χ1v) is 5.82. The van der Waals surface area contributed by atoms with Crippen molar-refractivity contribution in [3.05, 3.63) is 23.8 Å². The Morgan fingerprint density at radius 2 is 2.00 bits per heavy atom. The van der Waals surface area contributed by atoms with E-state index in [4.69, 9.17) is 4.74 Å². The number of esters is 1. The molecule has 0 amide bonds. The summed E-state index contributed by atoms with van der Waals surface area (Å²) in [5.74, 6) is -0.759. The van der Waals surface area contributed by atoms with E-state index >= 15 is 0 Å². The van der Waals surface area contributed by atoms with Crippen molar-refractivity contribution in [1.29, 1.82) is 0 Å². The van der Waals surface area contributed by atoms with Crippen molar-refractivity contribution >= 4 is 17.5 Å². The van der Waals surface area contributed by atoms with Crippen molar-refractivity contribution in [1.82, 2.24) is 0 Å². The molecule has 1 aliphatic rings. The lowest BCUT2D eigenvalue weighted by molar-refractivity contribution is -0.159. The standard InChI is InChI=1S/C14H18O4/c1-9(15)5-6-11-7-12(17)13(18-10(2)16)14(3,4)8-11/h5-7,13H,8H2,1-4H3/b6-5+. The van der Waals surface area contributed by atoms with Crippen molar-refractivity contribution in [2.45, 2.75) is 40.2 Å². The quantitative estimate of drug-likeness (QED) is 0.567. The summed E-state index contributed by atoms with van der Waals surface area (Å²) in [6, 6.07) is 0. The monoisotopic (exact) mass is 250 g/mol. The zero-order chi connectivity index (χ0) is 13.9. The first kappa shape index (κ1) is 14.4. The summed E-state index contributed by atoms with van der Waals surface area (Å²) < 4.78 is 5.07. The molecule has 98 valence electrons. The second-order valence-corrected chi connectivity index (χ2v) is 5.22. The fourth-order valence-corrected chi connectivity index (χ4v) is 2.03. The Kier molecular flexibility index (Phi) is 4.22. The number of rotatable bonds is 3. The highest BCUT2D eigenvalue weighted by molar-refractivity contribution is 5.97. The van der Waals surface area contributed by atoms with Crippen LogP contribution in [-0.4, -0.2) is 23.6 Å². The van der Waals surface area contributed by atoms with E-state index in [0.717, 1.165) is 5.57 Å². The lowest BCUT2D eigenvalue weighted by atomic mass is 9.74. The molecule has 0 bridgehead atoms. The molecule has 0 aromatic carbocycles. The highest BCUT2D eigenvalue weighted by Gasteiger charge is 2.40. The van der Waals surface area contributed by atoms with Crippen LogP contribution in [0.1, 0.15) is 34.1 Å². The summed E-state index contributed by atoms with van der Waals surface area (Å²) in [5.41, 5.74) is 0.317. The van der Waals surface area contributed by atoms with Gasteiger partial charge in [-0.3, -0.25) is 14.4 Å². The van der Waals surface area contributed by atoms with E-state index in [1.165, 1.54) is 26.0 Å². The Morgan fingerprint density at radius 1 is 1.39 bits per heavy atom. The third-order valence-electron chi connectivity index (χ3n) is 2.77. The van der Waals surface area contributed by atoms with Gasteiger partial charge in [-0.1, -0.05) is 19.9 Å². The SMILES string of the molecule is CC(=O)/C=C/C1=CC(=O)C(OC(C)=O)C(C)(C)C1. The predicted molar refractivity (Wildman–Crippen MR) is 66.9 cm³/mol. The van der Waals surface area contributed by atoms with E-state index < -0.39 is 17.5 Å². The second kappa shape index (κ2) is 5.29. The van der Waals surface area contributed by atoms with E-state index in [0.29, 0.717) is 6.42 Å². The summed E-state index contributed by atoms with van der Waals surface area (Å²) in [4.78, 5) is 33.8. The molecule has 4 nitrogen and oxygen atoms in total. The minimum Gasteiger partial charge on any atom is -0.454 e. The molecule has 0 aliphatic heterocycles. The Labute approximate surface area is 107 Å². The van der Waals surface area contributed by atoms with Crippen LogP contribution in [0.3, 0.4) is 0 Å². The highest BCUT2D eigenvalue weighted by Crippen LogP contribution is 2.36. The molecule has 1 rings (SSSR count). The molecule has 1 aliphatic carbocycles. The molecule has 4 heteroatoms. The van der Waals surface area contributed by atoms with E-state index in [1.54, 1.807) is 6.08 Å². The van der Waals surface area contributed by atoms with Gasteiger partial charge in [-0.2, -0.15) is 0 Å². The molecule has 0 fully saturated rings. The van der Waals surface area contributed by atoms with Gasteiger partial charge >= 0.3 is 5.97 Å². The summed E-state index contributed by atoms with van der Waals surface area (Å²) in [6.07, 6.45) is 4.36. The Morgan fingerprint density at radius 3 is 2.44 bits per heavy atom. The van der Waals surface area contributed by atoms with Crippen LogP contribution in [0.5, 0.6) is 0 Å². The zero-order valence-corrected chi connectivity index (χ0v) is 11.1. The van der Waals surface area contributed by atoms with Gasteiger partial charge in [0.25, 0.3) is 0 Å². The zero-order valence-electron chi connectivity index (χ0n) is 11.1. The van der Waals surface area contributed by atoms with Gasteiger partial charge in [0, 0.05) is 12.3 Å². The van der Waals surface area contributed by atoms with Crippen LogP contribution >= 0.6 is 0 Å². The van der Waals surface area contributed by atoms with Crippen LogP contribution in [0.15, 0.2) is 23.8 Å². The van der Waals surface area contributed by atoms with Gasteiger partial charge in [0.05, 0.1) is 0 Å². The first-order chi connectivity index (χ1) is 8.22. The number of carbonyl (C=O) groups excluding carboxylic acids is 3. The van der Waals surface area contributed by atoms with E-state index in [1.807, 2.05) is 13.8 Å². The smallest absolute Gasteiger partial charge is 0.303 e. The molecule has 18 heavy (non-hydrogen) atoms. The van der Waals surface area contributed by atoms with Crippen LogP contribution in [-0.2, 0) is 19.1 Å². The van der Waals surface area contributed by atoms with E-state index in [9.17, 15) is 14.4 Å². The summed E-state index contributed by atoms with van der Waals surface area (Å²) in [6.45, 7) is 6.48. The molecule has 0 saturated heterocycles. The van der Waals surface area contributed by atoms with Gasteiger partial charge < -0.3 is 4.74 Å². The van der Waals surface area contributed by atoms with Crippen molar-refractivity contribution in [2.75, 3.05) is 0 Å². The van der Waals surface area contributed by atoms with Crippen molar-refractivity contribution in [2.24, 2.45) is 5.41 Å². The number of hydrogen-bond acceptors (Lipinski definition) is 4. The van der Waals surface area contributed by atoms with Gasteiger partial charge in [0.1, 0.15) is 0 Å². The number of ketones is 2. The maximum atomic E-state index is 11.9. The largest absolute Gasteiger partial charge is 0.454 e. The Hall–Kier alpha value is -1.71. The molecule has 0 spiro atoms. The maximum absolute atomic E-state index is 11.9. The van der Waals surface area contributed by atoms with Crippen LogP contribution in [0, 0.1) is 5.41 Å². The van der Waals surface area contributed by atoms with Gasteiger partial charge in [-0.05, 0) is 31.1 Å². The van der Waals surface area contributed by atoms with Crippen molar-refractivity contribution in [3.63, 3.8) is 0 Å². The molecule has 0 radical (unpaired) electrons. The van der Waals surface area contributed by atoms with Crippen LogP contribution in [0.4, 0.5) is 0 Å². The third kappa shape index (κ3) is 3.65. The number of ether oxygens (including phenoxy) is 1. The molecule has 0 aromatic heterocycles. The number of allylic oxidation sites excluding steroid dienone is 3. The average Bonchev–Trinajstić information content (AvgIpc) is 2.20. The lowest BCUT2D eigenvalue weighted by Gasteiger charge is -2.35. The number of hydrogen-bond donors (Lipinski definition) is 0. The molecule has 0 heterocycles. The third-order valence-corrected chi connectivity index (χ3v) is 2.77. The topological polar surface area (TPSA) is 60.4 Å². The van der Waals surface area contributed by atoms with Gasteiger partial charge in [-0.15, -0.1) is 0 Å². The normalized spacial score (nSPS) is 22.8. The molecule has 1 atom stereocenters. The van der Waals surface area contributed by atoms with Crippen molar-refractivity contribution in [3.8, 4) is 0 Å². The average molecular weight is 250 g/mol. The fourth-order valence-electron chi connectivity index (χ4n) is 2.03. The van der Waals surface area contributed by atoms with Crippen molar-refractivity contribution < 1.29 is 19.1 Å². The Balaban J connectivity index is 2.95. The lowest BCUT2D eigenvalue weighted by Crippen LogP contribution is -2.42. The predicted octanol–water partition coefficient (Wildman–Crippen LogP) is 1.99. The summed E-state index contributed by atoms with van der Waals surface area (Å²) in [7, 11) is 0. The Bertz CT molecular complexity index is 441. The molecule has 0 N–H and O–H groups in total. The van der Waals surface area contributed by atoms with E-state index in [-0.39, 0.29) is 11.6 Å². The molecule has 1 unspecified atom stereocenters. The highest BCUT2D eigenvalue weighted by atomic mass is 16.5. The summed E-state index contributed by atoms with van der Waals surface area (Å²) >= 11 is 0. The van der Waals surface area contributed by atoms with Gasteiger partial charge in [0.15, 0.2) is 17.7 Å². The molecule has 0 aromatic rings. The van der Waals surface area contributed by atoms with Crippen LogP contribution < -0.4 is 0 Å². The minimum atomic E-state index is -0.746. The second-order valence-electron chi connectivity index (χ2n) is 5.22.